The number of hydrogen-bond acceptors (Lipinski definition) is 5. The maximum atomic E-state index is 12.6. The number of anilines is 1. The number of ether oxygens (including phenoxy) is 3. The van der Waals surface area contributed by atoms with Crippen molar-refractivity contribution in [3.05, 3.63) is 47.0 Å². The normalized spacial score (nSPS) is 13.2. The first-order valence-electron chi connectivity index (χ1n) is 8.34. The van der Waals surface area contributed by atoms with Gasteiger partial charge in [-0.25, -0.2) is 0 Å². The average Bonchev–Trinajstić information content (AvgIpc) is 3.03. The molecule has 1 amide bonds. The van der Waals surface area contributed by atoms with Gasteiger partial charge in [0.15, 0.2) is 23.4 Å². The van der Waals surface area contributed by atoms with Gasteiger partial charge in [0.25, 0.3) is 5.91 Å². The highest BCUT2D eigenvalue weighted by Gasteiger charge is 2.23. The first kappa shape index (κ1) is 17.8. The number of hydrogen-bond donors (Lipinski definition) is 1. The smallest absolute Gasteiger partial charge is 0.265 e. The Morgan fingerprint density at radius 3 is 2.46 bits per heavy atom. The second kappa shape index (κ2) is 7.07. The summed E-state index contributed by atoms with van der Waals surface area (Å²) in [6.45, 7) is 7.11. The maximum absolute atomic E-state index is 12.6. The Kier molecular flexibility index (Phi) is 4.84. The maximum Gasteiger partial charge on any atom is 0.265 e. The molecule has 0 aromatic heterocycles. The van der Waals surface area contributed by atoms with Gasteiger partial charge < -0.3 is 19.5 Å². The Morgan fingerprint density at radius 1 is 1.12 bits per heavy atom. The number of fused-ring (bicyclic) bond motifs is 1. The zero-order valence-corrected chi connectivity index (χ0v) is 15.2. The molecule has 0 saturated carbocycles. The largest absolute Gasteiger partial charge is 0.481 e. The Labute approximate surface area is 152 Å². The van der Waals surface area contributed by atoms with Crippen molar-refractivity contribution in [2.24, 2.45) is 0 Å². The van der Waals surface area contributed by atoms with Crippen LogP contribution in [0.3, 0.4) is 0 Å². The number of benzene rings is 2. The lowest BCUT2D eigenvalue weighted by Gasteiger charge is -2.17. The van der Waals surface area contributed by atoms with E-state index in [-0.39, 0.29) is 18.5 Å². The van der Waals surface area contributed by atoms with E-state index < -0.39 is 6.10 Å². The van der Waals surface area contributed by atoms with Crippen LogP contribution >= 0.6 is 0 Å². The summed E-state index contributed by atoms with van der Waals surface area (Å²) in [5.41, 5.74) is 2.82. The van der Waals surface area contributed by atoms with Gasteiger partial charge in [0.2, 0.25) is 6.79 Å². The summed E-state index contributed by atoms with van der Waals surface area (Å²) in [5.74, 6) is 1.10. The number of carbonyl (C=O) groups excluding carboxylic acids is 2. The number of rotatable bonds is 5. The van der Waals surface area contributed by atoms with E-state index in [2.05, 4.69) is 5.32 Å². The highest BCUT2D eigenvalue weighted by atomic mass is 16.7. The molecule has 0 unspecified atom stereocenters. The van der Waals surface area contributed by atoms with Gasteiger partial charge in [-0.15, -0.1) is 0 Å². The average molecular weight is 355 g/mol. The topological polar surface area (TPSA) is 73.9 Å². The molecule has 2 aromatic carbocycles. The van der Waals surface area contributed by atoms with Crippen molar-refractivity contribution in [3.8, 4) is 17.2 Å². The predicted molar refractivity (Wildman–Crippen MR) is 97.2 cm³/mol. The molecule has 1 N–H and O–H groups in total. The molecule has 0 spiro atoms. The van der Waals surface area contributed by atoms with E-state index in [1.807, 2.05) is 32.0 Å². The Balaban J connectivity index is 1.78. The van der Waals surface area contributed by atoms with Gasteiger partial charge in [-0.1, -0.05) is 17.7 Å². The molecule has 1 atom stereocenters. The van der Waals surface area contributed by atoms with Crippen LogP contribution in [-0.4, -0.2) is 24.6 Å². The molecule has 3 rings (SSSR count). The number of Topliss-reactive ketones (excluding diaryl/α,β-unsaturated/α-hetero) is 1. The summed E-state index contributed by atoms with van der Waals surface area (Å²) in [6, 6.07) is 8.94. The zero-order chi connectivity index (χ0) is 18.8. The number of carbonyl (C=O) groups is 2. The van der Waals surface area contributed by atoms with Crippen molar-refractivity contribution in [2.75, 3.05) is 12.1 Å². The van der Waals surface area contributed by atoms with Crippen LogP contribution in [-0.2, 0) is 4.79 Å². The number of nitrogens with one attached hydrogen (secondary N) is 1. The lowest BCUT2D eigenvalue weighted by molar-refractivity contribution is -0.122. The van der Waals surface area contributed by atoms with Gasteiger partial charge in [-0.05, 0) is 45.4 Å². The summed E-state index contributed by atoms with van der Waals surface area (Å²) < 4.78 is 16.4. The van der Waals surface area contributed by atoms with E-state index in [1.54, 1.807) is 19.1 Å². The van der Waals surface area contributed by atoms with Crippen molar-refractivity contribution in [1.29, 1.82) is 0 Å². The standard InChI is InChI=1S/C20H21NO5/c1-11-5-6-17(12(2)7-11)26-14(4)20(23)21-16-9-19-18(24-10-25-19)8-15(16)13(3)22/h5-9,14H,10H2,1-4H3,(H,21,23)/t14-/m1/s1. The fourth-order valence-electron chi connectivity index (χ4n) is 2.75. The van der Waals surface area contributed by atoms with Crippen molar-refractivity contribution >= 4 is 17.4 Å². The summed E-state index contributed by atoms with van der Waals surface area (Å²) in [5, 5.41) is 2.75. The Morgan fingerprint density at radius 2 is 1.81 bits per heavy atom. The summed E-state index contributed by atoms with van der Waals surface area (Å²) in [4.78, 5) is 24.5. The summed E-state index contributed by atoms with van der Waals surface area (Å²) in [7, 11) is 0. The first-order chi connectivity index (χ1) is 12.3. The molecule has 6 heteroatoms. The quantitative estimate of drug-likeness (QED) is 0.829. The Hall–Kier alpha value is -3.02. The molecule has 26 heavy (non-hydrogen) atoms. The lowest BCUT2D eigenvalue weighted by Crippen LogP contribution is -2.30. The van der Waals surface area contributed by atoms with E-state index in [4.69, 9.17) is 14.2 Å². The first-order valence-corrected chi connectivity index (χ1v) is 8.34. The highest BCUT2D eigenvalue weighted by molar-refractivity contribution is 6.05. The third-order valence-electron chi connectivity index (χ3n) is 4.15. The minimum atomic E-state index is -0.735. The third-order valence-corrected chi connectivity index (χ3v) is 4.15. The van der Waals surface area contributed by atoms with E-state index in [0.717, 1.165) is 11.1 Å². The monoisotopic (exact) mass is 355 g/mol. The van der Waals surface area contributed by atoms with E-state index in [0.29, 0.717) is 28.5 Å². The van der Waals surface area contributed by atoms with Crippen molar-refractivity contribution in [2.45, 2.75) is 33.8 Å². The van der Waals surface area contributed by atoms with Gasteiger partial charge in [0.1, 0.15) is 5.75 Å². The third kappa shape index (κ3) is 3.64. The molecule has 2 aromatic rings. The Bertz CT molecular complexity index is 875. The van der Waals surface area contributed by atoms with Crippen LogP contribution in [0.4, 0.5) is 5.69 Å². The van der Waals surface area contributed by atoms with E-state index in [1.165, 1.54) is 6.92 Å². The summed E-state index contributed by atoms with van der Waals surface area (Å²) in [6.07, 6.45) is -0.735. The predicted octanol–water partition coefficient (Wildman–Crippen LogP) is 3.64. The molecule has 1 aliphatic heterocycles. The zero-order valence-electron chi connectivity index (χ0n) is 15.2. The highest BCUT2D eigenvalue weighted by Crippen LogP contribution is 2.37. The SMILES string of the molecule is CC(=O)c1cc2c(cc1NC(=O)[C@@H](C)Oc1ccc(C)cc1C)OCO2. The molecule has 0 saturated heterocycles. The van der Waals surface area contributed by atoms with Crippen LogP contribution in [0.1, 0.15) is 35.3 Å². The van der Waals surface area contributed by atoms with Gasteiger partial charge in [-0.2, -0.15) is 0 Å². The number of aryl methyl sites for hydroxylation is 2. The lowest BCUT2D eigenvalue weighted by atomic mass is 10.1. The van der Waals surface area contributed by atoms with Gasteiger partial charge in [0.05, 0.1) is 5.69 Å². The molecule has 0 fully saturated rings. The number of ketones is 1. The molecule has 0 bridgehead atoms. The fraction of sp³-hybridized carbons (Fsp3) is 0.300. The van der Waals surface area contributed by atoms with Gasteiger partial charge >= 0.3 is 0 Å². The van der Waals surface area contributed by atoms with Gasteiger partial charge in [-0.3, -0.25) is 9.59 Å². The van der Waals surface area contributed by atoms with Crippen LogP contribution in [0.25, 0.3) is 0 Å². The minimum absolute atomic E-state index is 0.0935. The fourth-order valence-corrected chi connectivity index (χ4v) is 2.75. The van der Waals surface area contributed by atoms with Gasteiger partial charge in [0, 0.05) is 11.6 Å². The molecular weight excluding hydrogens is 334 g/mol. The second-order valence-electron chi connectivity index (χ2n) is 6.33. The molecule has 136 valence electrons. The van der Waals surface area contributed by atoms with Crippen LogP contribution in [0.2, 0.25) is 0 Å². The molecular formula is C20H21NO5. The molecule has 1 heterocycles. The van der Waals surface area contributed by atoms with Crippen molar-refractivity contribution in [1.82, 2.24) is 0 Å². The molecule has 6 nitrogen and oxygen atoms in total. The van der Waals surface area contributed by atoms with E-state index in [9.17, 15) is 9.59 Å². The second-order valence-corrected chi connectivity index (χ2v) is 6.33. The molecule has 0 radical (unpaired) electrons. The molecule has 1 aliphatic rings. The number of amides is 1. The molecule has 0 aliphatic carbocycles. The van der Waals surface area contributed by atoms with Crippen LogP contribution in [0.15, 0.2) is 30.3 Å². The van der Waals surface area contributed by atoms with Crippen molar-refractivity contribution in [3.63, 3.8) is 0 Å². The van der Waals surface area contributed by atoms with Crippen molar-refractivity contribution < 1.29 is 23.8 Å². The minimum Gasteiger partial charge on any atom is -0.481 e. The van der Waals surface area contributed by atoms with Crippen LogP contribution in [0, 0.1) is 13.8 Å². The van der Waals surface area contributed by atoms with Crippen LogP contribution in [0.5, 0.6) is 17.2 Å². The van der Waals surface area contributed by atoms with Crippen LogP contribution < -0.4 is 19.5 Å². The van der Waals surface area contributed by atoms with E-state index >= 15 is 0 Å². The summed E-state index contributed by atoms with van der Waals surface area (Å²) >= 11 is 0.